The van der Waals surface area contributed by atoms with Crippen LogP contribution >= 0.6 is 0 Å². The van der Waals surface area contributed by atoms with Crippen LogP contribution in [0, 0.1) is 6.92 Å². The molecular formula is C16H20N2O2. The number of hydrogen-bond acceptors (Lipinski definition) is 4. The van der Waals surface area contributed by atoms with Crippen molar-refractivity contribution >= 4 is 5.69 Å². The molecular weight excluding hydrogens is 252 g/mol. The molecule has 1 aromatic heterocycles. The molecule has 0 aliphatic rings. The van der Waals surface area contributed by atoms with Gasteiger partial charge in [0.05, 0.1) is 31.1 Å². The van der Waals surface area contributed by atoms with Crippen molar-refractivity contribution in [3.8, 4) is 5.75 Å². The Kier molecular flexibility index (Phi) is 4.25. The number of aliphatic hydroxyl groups excluding tert-OH is 1. The van der Waals surface area contributed by atoms with Crippen LogP contribution in [0.4, 0.5) is 5.69 Å². The van der Waals surface area contributed by atoms with Gasteiger partial charge in [0.2, 0.25) is 0 Å². The highest BCUT2D eigenvalue weighted by molar-refractivity contribution is 5.58. The standard InChI is InChI=1S/C16H20N2O2/c1-12-9-14(15(20-3)10-17-12)18-16(2,11-19)13-7-5-4-6-8-13/h4-10,19H,11H2,1-3H3,(H,17,18). The molecule has 0 amide bonds. The summed E-state index contributed by atoms with van der Waals surface area (Å²) < 4.78 is 5.32. The monoisotopic (exact) mass is 272 g/mol. The van der Waals surface area contributed by atoms with Gasteiger partial charge >= 0.3 is 0 Å². The van der Waals surface area contributed by atoms with E-state index in [1.54, 1.807) is 13.3 Å². The van der Waals surface area contributed by atoms with Crippen LogP contribution in [0.15, 0.2) is 42.6 Å². The predicted molar refractivity (Wildman–Crippen MR) is 80.0 cm³/mol. The van der Waals surface area contributed by atoms with E-state index in [2.05, 4.69) is 10.3 Å². The number of rotatable bonds is 5. The summed E-state index contributed by atoms with van der Waals surface area (Å²) in [5, 5.41) is 13.2. The molecule has 0 bridgehead atoms. The second-order valence-electron chi connectivity index (χ2n) is 5.01. The number of pyridine rings is 1. The van der Waals surface area contributed by atoms with E-state index in [9.17, 15) is 5.11 Å². The fraction of sp³-hybridized carbons (Fsp3) is 0.312. The van der Waals surface area contributed by atoms with Crippen molar-refractivity contribution < 1.29 is 9.84 Å². The number of nitrogens with zero attached hydrogens (tertiary/aromatic N) is 1. The molecule has 106 valence electrons. The van der Waals surface area contributed by atoms with E-state index in [0.29, 0.717) is 5.75 Å². The van der Waals surface area contributed by atoms with E-state index in [4.69, 9.17) is 4.74 Å². The van der Waals surface area contributed by atoms with Gasteiger partial charge in [-0.15, -0.1) is 0 Å². The van der Waals surface area contributed by atoms with E-state index < -0.39 is 5.54 Å². The van der Waals surface area contributed by atoms with Crippen molar-refractivity contribution in [2.75, 3.05) is 19.0 Å². The fourth-order valence-corrected chi connectivity index (χ4v) is 2.11. The van der Waals surface area contributed by atoms with Gasteiger partial charge in [-0.25, -0.2) is 0 Å². The first kappa shape index (κ1) is 14.3. The van der Waals surface area contributed by atoms with Crippen LogP contribution in [0.5, 0.6) is 5.75 Å². The molecule has 0 saturated carbocycles. The molecule has 0 saturated heterocycles. The molecule has 2 rings (SSSR count). The molecule has 0 fully saturated rings. The number of nitrogens with one attached hydrogen (secondary N) is 1. The topological polar surface area (TPSA) is 54.4 Å². The molecule has 1 heterocycles. The number of ether oxygens (including phenoxy) is 1. The van der Waals surface area contributed by atoms with E-state index in [0.717, 1.165) is 16.9 Å². The van der Waals surface area contributed by atoms with Gasteiger partial charge in [0, 0.05) is 5.69 Å². The van der Waals surface area contributed by atoms with Crippen LogP contribution in [0.1, 0.15) is 18.2 Å². The second-order valence-corrected chi connectivity index (χ2v) is 5.01. The maximum absolute atomic E-state index is 9.81. The minimum Gasteiger partial charge on any atom is -0.493 e. The van der Waals surface area contributed by atoms with Gasteiger partial charge in [-0.2, -0.15) is 0 Å². The number of anilines is 1. The number of benzene rings is 1. The van der Waals surface area contributed by atoms with Crippen LogP contribution in [0.2, 0.25) is 0 Å². The van der Waals surface area contributed by atoms with Gasteiger partial charge in [0.15, 0.2) is 5.75 Å². The summed E-state index contributed by atoms with van der Waals surface area (Å²) in [4.78, 5) is 4.21. The molecule has 4 heteroatoms. The van der Waals surface area contributed by atoms with E-state index in [-0.39, 0.29) is 6.61 Å². The molecule has 0 radical (unpaired) electrons. The zero-order valence-electron chi connectivity index (χ0n) is 12.1. The zero-order chi connectivity index (χ0) is 14.6. The average molecular weight is 272 g/mol. The first-order chi connectivity index (χ1) is 9.59. The summed E-state index contributed by atoms with van der Waals surface area (Å²) in [6, 6.07) is 11.8. The Balaban J connectivity index is 2.38. The number of methoxy groups -OCH3 is 1. The average Bonchev–Trinajstić information content (AvgIpc) is 2.48. The Labute approximate surface area is 119 Å². The lowest BCUT2D eigenvalue weighted by atomic mass is 9.92. The second kappa shape index (κ2) is 5.92. The van der Waals surface area contributed by atoms with Gasteiger partial charge in [-0.1, -0.05) is 30.3 Å². The van der Waals surface area contributed by atoms with E-state index in [1.165, 1.54) is 0 Å². The predicted octanol–water partition coefficient (Wildman–Crippen LogP) is 2.72. The maximum atomic E-state index is 9.81. The van der Waals surface area contributed by atoms with Crippen molar-refractivity contribution in [2.24, 2.45) is 0 Å². The van der Waals surface area contributed by atoms with Crippen molar-refractivity contribution in [1.29, 1.82) is 0 Å². The normalized spacial score (nSPS) is 13.6. The Morgan fingerprint density at radius 2 is 2.00 bits per heavy atom. The van der Waals surface area contributed by atoms with Gasteiger partial charge in [0.25, 0.3) is 0 Å². The Morgan fingerprint density at radius 1 is 1.30 bits per heavy atom. The molecule has 2 aromatic rings. The van der Waals surface area contributed by atoms with Gasteiger partial charge in [-0.05, 0) is 25.5 Å². The van der Waals surface area contributed by atoms with Crippen LogP contribution in [-0.2, 0) is 5.54 Å². The molecule has 1 unspecified atom stereocenters. The van der Waals surface area contributed by atoms with E-state index in [1.807, 2.05) is 50.2 Å². The Bertz CT molecular complexity index is 572. The summed E-state index contributed by atoms with van der Waals surface area (Å²) >= 11 is 0. The number of aliphatic hydroxyl groups is 1. The highest BCUT2D eigenvalue weighted by atomic mass is 16.5. The van der Waals surface area contributed by atoms with Crippen molar-refractivity contribution in [1.82, 2.24) is 4.98 Å². The molecule has 2 N–H and O–H groups in total. The number of hydrogen-bond donors (Lipinski definition) is 2. The third kappa shape index (κ3) is 2.91. The maximum Gasteiger partial charge on any atom is 0.160 e. The molecule has 0 spiro atoms. The highest BCUT2D eigenvalue weighted by Gasteiger charge is 2.26. The van der Waals surface area contributed by atoms with E-state index >= 15 is 0 Å². The number of aryl methyl sites for hydroxylation is 1. The summed E-state index contributed by atoms with van der Waals surface area (Å²) in [6.07, 6.45) is 1.68. The molecule has 0 aliphatic carbocycles. The van der Waals surface area contributed by atoms with Crippen molar-refractivity contribution in [3.05, 3.63) is 53.9 Å². The highest BCUT2D eigenvalue weighted by Crippen LogP contribution is 2.31. The molecule has 0 aliphatic heterocycles. The molecule has 1 atom stereocenters. The molecule has 4 nitrogen and oxygen atoms in total. The smallest absolute Gasteiger partial charge is 0.160 e. The summed E-state index contributed by atoms with van der Waals surface area (Å²) in [5.74, 6) is 0.659. The van der Waals surface area contributed by atoms with Crippen LogP contribution in [-0.4, -0.2) is 23.8 Å². The lowest BCUT2D eigenvalue weighted by molar-refractivity contribution is 0.223. The SMILES string of the molecule is COc1cnc(C)cc1NC(C)(CO)c1ccccc1. The summed E-state index contributed by atoms with van der Waals surface area (Å²) in [5.41, 5.74) is 2.14. The number of aromatic nitrogens is 1. The minimum atomic E-state index is -0.581. The lowest BCUT2D eigenvalue weighted by Gasteiger charge is -2.31. The quantitative estimate of drug-likeness (QED) is 0.878. The van der Waals surface area contributed by atoms with Gasteiger partial charge in [-0.3, -0.25) is 4.98 Å². The first-order valence-corrected chi connectivity index (χ1v) is 6.54. The fourth-order valence-electron chi connectivity index (χ4n) is 2.11. The Morgan fingerprint density at radius 3 is 2.60 bits per heavy atom. The van der Waals surface area contributed by atoms with Crippen LogP contribution < -0.4 is 10.1 Å². The summed E-state index contributed by atoms with van der Waals surface area (Å²) in [7, 11) is 1.61. The van der Waals surface area contributed by atoms with Gasteiger partial charge < -0.3 is 15.2 Å². The third-order valence-electron chi connectivity index (χ3n) is 3.36. The largest absolute Gasteiger partial charge is 0.493 e. The van der Waals surface area contributed by atoms with Crippen molar-refractivity contribution in [2.45, 2.75) is 19.4 Å². The Hall–Kier alpha value is -2.07. The van der Waals surface area contributed by atoms with Crippen molar-refractivity contribution in [3.63, 3.8) is 0 Å². The minimum absolute atomic E-state index is 0.0263. The van der Waals surface area contributed by atoms with Crippen LogP contribution in [0.3, 0.4) is 0 Å². The van der Waals surface area contributed by atoms with Crippen LogP contribution in [0.25, 0.3) is 0 Å². The van der Waals surface area contributed by atoms with Gasteiger partial charge in [0.1, 0.15) is 0 Å². The molecule has 1 aromatic carbocycles. The lowest BCUT2D eigenvalue weighted by Crippen LogP contribution is -2.36. The molecule has 20 heavy (non-hydrogen) atoms. The first-order valence-electron chi connectivity index (χ1n) is 6.54. The zero-order valence-corrected chi connectivity index (χ0v) is 12.1. The summed E-state index contributed by atoms with van der Waals surface area (Å²) in [6.45, 7) is 3.85. The third-order valence-corrected chi connectivity index (χ3v) is 3.36.